The van der Waals surface area contributed by atoms with Gasteiger partial charge in [0.05, 0.1) is 0 Å². The van der Waals surface area contributed by atoms with E-state index in [-0.39, 0.29) is 0 Å². The molecular formula is C13H20. The zero-order valence-electron chi connectivity index (χ0n) is 8.84. The summed E-state index contributed by atoms with van der Waals surface area (Å²) in [6, 6.07) is 0. The monoisotopic (exact) mass is 176 g/mol. The molecule has 1 aliphatic rings. The Morgan fingerprint density at radius 2 is 2.00 bits per heavy atom. The second kappa shape index (κ2) is 3.95. The van der Waals surface area contributed by atoms with Crippen LogP contribution in [0, 0.1) is 11.3 Å². The highest BCUT2D eigenvalue weighted by atomic mass is 14.5. The van der Waals surface area contributed by atoms with Gasteiger partial charge in [0.2, 0.25) is 0 Å². The molecule has 0 N–H and O–H groups in total. The number of hydrogen-bond acceptors (Lipinski definition) is 0. The third kappa shape index (κ3) is 2.33. The average molecular weight is 176 g/mol. The Morgan fingerprint density at radius 3 is 2.31 bits per heavy atom. The third-order valence-electron chi connectivity index (χ3n) is 2.78. The molecule has 0 bridgehead atoms. The molecule has 1 saturated carbocycles. The summed E-state index contributed by atoms with van der Waals surface area (Å²) in [4.78, 5) is 0. The summed E-state index contributed by atoms with van der Waals surface area (Å²) in [5, 5.41) is 0. The summed E-state index contributed by atoms with van der Waals surface area (Å²) in [5.41, 5.74) is 1.85. The van der Waals surface area contributed by atoms with Gasteiger partial charge in [-0.25, -0.2) is 0 Å². The maximum atomic E-state index is 3.88. The maximum absolute atomic E-state index is 3.88. The Hall–Kier alpha value is -0.780. The second-order valence-corrected chi connectivity index (χ2v) is 4.44. The molecule has 0 amide bonds. The summed E-state index contributed by atoms with van der Waals surface area (Å²) in [7, 11) is 0. The van der Waals surface area contributed by atoms with Gasteiger partial charge in [-0.15, -0.1) is 0 Å². The van der Waals surface area contributed by atoms with Gasteiger partial charge < -0.3 is 0 Å². The first-order valence-corrected chi connectivity index (χ1v) is 5.10. The van der Waals surface area contributed by atoms with Gasteiger partial charge in [-0.2, -0.15) is 0 Å². The Bertz CT molecular complexity index is 226. The van der Waals surface area contributed by atoms with Crippen LogP contribution in [0.2, 0.25) is 0 Å². The molecule has 0 heterocycles. The molecule has 1 rings (SSSR count). The molecule has 0 aromatic heterocycles. The molecular weight excluding hydrogens is 156 g/mol. The van der Waals surface area contributed by atoms with E-state index < -0.39 is 0 Å². The molecule has 0 nitrogen and oxygen atoms in total. The molecule has 0 unspecified atom stereocenters. The SMILES string of the molecule is C=C/C=C(\C=C)C1(CC(C)C)CC1. The molecule has 72 valence electrons. The molecule has 0 heteroatoms. The molecule has 1 aliphatic carbocycles. The van der Waals surface area contributed by atoms with Crippen LogP contribution in [0.5, 0.6) is 0 Å². The van der Waals surface area contributed by atoms with E-state index in [2.05, 4.69) is 33.1 Å². The Labute approximate surface area is 82.0 Å². The topological polar surface area (TPSA) is 0 Å². The Balaban J connectivity index is 2.72. The van der Waals surface area contributed by atoms with Gasteiger partial charge >= 0.3 is 0 Å². The average Bonchev–Trinajstić information content (AvgIpc) is 2.80. The lowest BCUT2D eigenvalue weighted by Crippen LogP contribution is -2.06. The smallest absolute Gasteiger partial charge is 0.00441 e. The van der Waals surface area contributed by atoms with Crippen molar-refractivity contribution in [3.63, 3.8) is 0 Å². The fraction of sp³-hybridized carbons (Fsp3) is 0.538. The Kier molecular flexibility index (Phi) is 3.13. The van der Waals surface area contributed by atoms with E-state index in [1.54, 1.807) is 0 Å². The second-order valence-electron chi connectivity index (χ2n) is 4.44. The van der Waals surface area contributed by atoms with Gasteiger partial charge in [-0.05, 0) is 36.2 Å². The highest BCUT2D eigenvalue weighted by Gasteiger charge is 2.44. The van der Waals surface area contributed by atoms with E-state index in [9.17, 15) is 0 Å². The van der Waals surface area contributed by atoms with Crippen LogP contribution >= 0.6 is 0 Å². The van der Waals surface area contributed by atoms with E-state index in [1.165, 1.54) is 24.8 Å². The first-order valence-electron chi connectivity index (χ1n) is 5.10. The molecule has 1 fully saturated rings. The zero-order valence-corrected chi connectivity index (χ0v) is 8.84. The van der Waals surface area contributed by atoms with E-state index in [4.69, 9.17) is 0 Å². The summed E-state index contributed by atoms with van der Waals surface area (Å²) in [6.07, 6.45) is 9.93. The Morgan fingerprint density at radius 1 is 1.38 bits per heavy atom. The van der Waals surface area contributed by atoms with Gasteiger partial charge in [0.25, 0.3) is 0 Å². The van der Waals surface area contributed by atoms with Crippen LogP contribution in [0.1, 0.15) is 33.1 Å². The minimum absolute atomic E-state index is 0.462. The minimum Gasteiger partial charge on any atom is -0.0991 e. The van der Waals surface area contributed by atoms with Crippen molar-refractivity contribution in [1.29, 1.82) is 0 Å². The third-order valence-corrected chi connectivity index (χ3v) is 2.78. The van der Waals surface area contributed by atoms with Crippen LogP contribution in [0.25, 0.3) is 0 Å². The summed E-state index contributed by atoms with van der Waals surface area (Å²) in [6.45, 7) is 12.2. The normalized spacial score (nSPS) is 20.1. The van der Waals surface area contributed by atoms with Crippen molar-refractivity contribution in [2.24, 2.45) is 11.3 Å². The largest absolute Gasteiger partial charge is 0.0991 e. The number of hydrogen-bond donors (Lipinski definition) is 0. The quantitative estimate of drug-likeness (QED) is 0.553. The zero-order chi connectivity index (χ0) is 9.90. The number of allylic oxidation sites excluding steroid dienone is 4. The summed E-state index contributed by atoms with van der Waals surface area (Å²) < 4.78 is 0. The standard InChI is InChI=1S/C13H20/c1-5-7-12(6-2)13(8-9-13)10-11(3)4/h5-7,11H,1-2,8-10H2,3-4H3/b12-7+. The van der Waals surface area contributed by atoms with Crippen LogP contribution in [-0.2, 0) is 0 Å². The van der Waals surface area contributed by atoms with Gasteiger partial charge in [-0.1, -0.05) is 45.2 Å². The van der Waals surface area contributed by atoms with Gasteiger partial charge in [-0.3, -0.25) is 0 Å². The predicted molar refractivity (Wildman–Crippen MR) is 59.6 cm³/mol. The predicted octanol–water partition coefficient (Wildman–Crippen LogP) is 4.11. The minimum atomic E-state index is 0.462. The summed E-state index contributed by atoms with van der Waals surface area (Å²) in [5.74, 6) is 0.774. The highest BCUT2D eigenvalue weighted by molar-refractivity contribution is 5.33. The van der Waals surface area contributed by atoms with Crippen molar-refractivity contribution in [3.05, 3.63) is 37.0 Å². The first-order chi connectivity index (χ1) is 6.14. The van der Waals surface area contributed by atoms with E-state index in [0.717, 1.165) is 5.92 Å². The highest BCUT2D eigenvalue weighted by Crippen LogP contribution is 2.56. The molecule has 0 saturated heterocycles. The van der Waals surface area contributed by atoms with Gasteiger partial charge in [0.1, 0.15) is 0 Å². The van der Waals surface area contributed by atoms with Gasteiger partial charge in [0, 0.05) is 0 Å². The lowest BCUT2D eigenvalue weighted by atomic mass is 9.86. The lowest BCUT2D eigenvalue weighted by Gasteiger charge is -2.18. The molecule has 0 aromatic rings. The molecule has 0 spiro atoms. The molecule has 13 heavy (non-hydrogen) atoms. The van der Waals surface area contributed by atoms with Crippen molar-refractivity contribution in [1.82, 2.24) is 0 Å². The number of rotatable bonds is 5. The molecule has 0 atom stereocenters. The summed E-state index contributed by atoms with van der Waals surface area (Å²) >= 11 is 0. The van der Waals surface area contributed by atoms with Gasteiger partial charge in [0.15, 0.2) is 0 Å². The van der Waals surface area contributed by atoms with Crippen LogP contribution in [-0.4, -0.2) is 0 Å². The van der Waals surface area contributed by atoms with Crippen molar-refractivity contribution in [2.75, 3.05) is 0 Å². The van der Waals surface area contributed by atoms with Crippen molar-refractivity contribution in [3.8, 4) is 0 Å². The lowest BCUT2D eigenvalue weighted by molar-refractivity contribution is 0.449. The maximum Gasteiger partial charge on any atom is -0.00441 e. The van der Waals surface area contributed by atoms with E-state index in [0.29, 0.717) is 5.41 Å². The fourth-order valence-corrected chi connectivity index (χ4v) is 2.13. The van der Waals surface area contributed by atoms with Crippen LogP contribution in [0.3, 0.4) is 0 Å². The van der Waals surface area contributed by atoms with Crippen molar-refractivity contribution < 1.29 is 0 Å². The van der Waals surface area contributed by atoms with Crippen molar-refractivity contribution >= 4 is 0 Å². The molecule has 0 aromatic carbocycles. The van der Waals surface area contributed by atoms with Crippen LogP contribution in [0.15, 0.2) is 37.0 Å². The fourth-order valence-electron chi connectivity index (χ4n) is 2.13. The van der Waals surface area contributed by atoms with Crippen LogP contribution < -0.4 is 0 Å². The van der Waals surface area contributed by atoms with Crippen molar-refractivity contribution in [2.45, 2.75) is 33.1 Å². The molecule has 0 radical (unpaired) electrons. The van der Waals surface area contributed by atoms with E-state index in [1.807, 2.05) is 12.2 Å². The van der Waals surface area contributed by atoms with E-state index >= 15 is 0 Å². The first kappa shape index (κ1) is 10.3. The van der Waals surface area contributed by atoms with Crippen LogP contribution in [0.4, 0.5) is 0 Å². The molecule has 0 aliphatic heterocycles.